The maximum absolute atomic E-state index is 13.5. The predicted molar refractivity (Wildman–Crippen MR) is 150 cm³/mol. The minimum absolute atomic E-state index is 0.00302. The molecule has 4 aliphatic rings. The summed E-state index contributed by atoms with van der Waals surface area (Å²) in [5.74, 6) is -1.58. The number of carboxylic acid groups (broad SMARTS) is 2. The number of aromatic carboxylic acids is 1. The number of benzene rings is 1. The average molecular weight is 590 g/mol. The van der Waals surface area contributed by atoms with Crippen LogP contribution in [0.25, 0.3) is 0 Å². The highest BCUT2D eigenvalue weighted by Crippen LogP contribution is 2.52. The molecule has 214 valence electrons. The summed E-state index contributed by atoms with van der Waals surface area (Å²) in [6.45, 7) is 4.61. The average Bonchev–Trinajstić information content (AvgIpc) is 3.59. The molecule has 0 saturated carbocycles. The second-order valence-corrected chi connectivity index (χ2v) is 12.8. The van der Waals surface area contributed by atoms with Gasteiger partial charge in [-0.15, -0.1) is 23.5 Å². The summed E-state index contributed by atoms with van der Waals surface area (Å²) in [7, 11) is 0. The van der Waals surface area contributed by atoms with Crippen LogP contribution >= 0.6 is 23.5 Å². The van der Waals surface area contributed by atoms with Gasteiger partial charge in [0.15, 0.2) is 0 Å². The Morgan fingerprint density at radius 2 is 2.05 bits per heavy atom. The molecule has 13 heteroatoms. The molecule has 40 heavy (non-hydrogen) atoms. The van der Waals surface area contributed by atoms with Crippen molar-refractivity contribution in [1.82, 2.24) is 9.80 Å². The van der Waals surface area contributed by atoms with Gasteiger partial charge in [-0.05, 0) is 48.9 Å². The van der Waals surface area contributed by atoms with Gasteiger partial charge in [0.1, 0.15) is 0 Å². The first-order valence-corrected chi connectivity index (χ1v) is 15.0. The van der Waals surface area contributed by atoms with Crippen molar-refractivity contribution in [2.24, 2.45) is 11.8 Å². The van der Waals surface area contributed by atoms with E-state index >= 15 is 0 Å². The molecule has 1 unspecified atom stereocenters. The van der Waals surface area contributed by atoms with Crippen LogP contribution < -0.4 is 5.32 Å². The number of likely N-dealkylation sites (tertiary alicyclic amines) is 1. The highest BCUT2D eigenvalue weighted by molar-refractivity contribution is 8.03. The molecule has 2 fully saturated rings. The van der Waals surface area contributed by atoms with Crippen molar-refractivity contribution >= 4 is 53.2 Å². The van der Waals surface area contributed by atoms with Crippen molar-refractivity contribution in [2.75, 3.05) is 24.2 Å². The van der Waals surface area contributed by atoms with Crippen molar-refractivity contribution < 1.29 is 39.2 Å². The van der Waals surface area contributed by atoms with Gasteiger partial charge in [-0.1, -0.05) is 13.0 Å². The van der Waals surface area contributed by atoms with Crippen LogP contribution in [0.15, 0.2) is 46.0 Å². The van der Waals surface area contributed by atoms with Crippen molar-refractivity contribution in [3.8, 4) is 0 Å². The number of β-lactam (4-membered cyclic amide) rings is 1. The first-order valence-electron chi connectivity index (χ1n) is 13.1. The second-order valence-electron chi connectivity index (χ2n) is 10.5. The molecule has 1 aromatic carbocycles. The highest BCUT2D eigenvalue weighted by atomic mass is 32.2. The molecule has 4 heterocycles. The minimum atomic E-state index is -1.52. The lowest BCUT2D eigenvalue weighted by Gasteiger charge is -2.45. The molecule has 0 spiro atoms. The molecule has 0 bridgehead atoms. The molecule has 2 amide bonds. The third-order valence-corrected chi connectivity index (χ3v) is 10.2. The third kappa shape index (κ3) is 5.47. The number of thioether (sulfide) groups is 2. The van der Waals surface area contributed by atoms with E-state index < -0.39 is 30.2 Å². The third-order valence-electron chi connectivity index (χ3n) is 7.78. The summed E-state index contributed by atoms with van der Waals surface area (Å²) in [5.41, 5.74) is 1.71. The van der Waals surface area contributed by atoms with E-state index in [0.29, 0.717) is 30.1 Å². The highest BCUT2D eigenvalue weighted by Gasteiger charge is 2.60. The van der Waals surface area contributed by atoms with Gasteiger partial charge < -0.3 is 25.4 Å². The number of rotatable bonds is 9. The van der Waals surface area contributed by atoms with Crippen molar-refractivity contribution in [3.63, 3.8) is 0 Å². The smallest absolute Gasteiger partial charge is 0.478 e. The lowest BCUT2D eigenvalue weighted by atomic mass is 9.79. The molecule has 6 atom stereocenters. The van der Waals surface area contributed by atoms with Gasteiger partial charge in [0.05, 0.1) is 34.6 Å². The zero-order valence-corrected chi connectivity index (χ0v) is 23.6. The Kier molecular flexibility index (Phi) is 8.18. The van der Waals surface area contributed by atoms with Crippen molar-refractivity contribution in [3.05, 3.63) is 51.6 Å². The van der Waals surface area contributed by atoms with E-state index in [-0.39, 0.29) is 40.5 Å². The number of fused-ring (bicyclic) bond motifs is 1. The van der Waals surface area contributed by atoms with E-state index in [1.54, 1.807) is 30.8 Å². The number of carboxylic acids is 1. The molecule has 0 radical (unpaired) electrons. The molecule has 4 N–H and O–H groups in total. The van der Waals surface area contributed by atoms with Gasteiger partial charge in [0.2, 0.25) is 17.7 Å². The van der Waals surface area contributed by atoms with Crippen LogP contribution in [0.5, 0.6) is 0 Å². The van der Waals surface area contributed by atoms with Gasteiger partial charge >= 0.3 is 12.1 Å². The number of hydrogen-bond acceptors (Lipinski definition) is 9. The quantitative estimate of drug-likeness (QED) is 0.248. The molecule has 4 aliphatic heterocycles. The number of amides is 2. The zero-order chi connectivity index (χ0) is 28.7. The lowest BCUT2D eigenvalue weighted by molar-refractivity contribution is -0.163. The summed E-state index contributed by atoms with van der Waals surface area (Å²) >= 11 is 3.16. The molecule has 11 nitrogen and oxygen atoms in total. The Bertz CT molecular complexity index is 1300. The molecular formula is C27H31N3O8S2. The van der Waals surface area contributed by atoms with Crippen LogP contribution in [0.1, 0.15) is 37.0 Å². The number of anilines is 1. The van der Waals surface area contributed by atoms with E-state index in [1.807, 2.05) is 6.92 Å². The Morgan fingerprint density at radius 3 is 2.70 bits per heavy atom. The first kappa shape index (κ1) is 28.5. The lowest BCUT2D eigenvalue weighted by Crippen LogP contribution is -2.63. The Balaban J connectivity index is 1.37. The SMILES string of the molecule is C[C@H]1C(S[C@H]2C[C@@H](C(=O)Nc3cccc(C(=O)O)c3)N(CC3=CSCC3)C2)=C(OC(=O)O)N2C(=O)[C@H]([C@@H](C)O)C12. The van der Waals surface area contributed by atoms with Gasteiger partial charge in [-0.3, -0.25) is 19.4 Å². The minimum Gasteiger partial charge on any atom is -0.478 e. The number of aliphatic hydroxyl groups excluding tert-OH is 1. The number of nitrogens with zero attached hydrogens (tertiary/aromatic N) is 2. The molecular weight excluding hydrogens is 558 g/mol. The normalized spacial score (nSPS) is 28.7. The van der Waals surface area contributed by atoms with Crippen LogP contribution in [0.3, 0.4) is 0 Å². The maximum Gasteiger partial charge on any atom is 0.512 e. The number of ether oxygens (including phenoxy) is 1. The van der Waals surface area contributed by atoms with Crippen molar-refractivity contribution in [1.29, 1.82) is 0 Å². The second kappa shape index (κ2) is 11.5. The number of aliphatic hydroxyl groups is 1. The molecule has 2 saturated heterocycles. The Hall–Kier alpha value is -3.00. The number of carbonyl (C=O) groups is 4. The maximum atomic E-state index is 13.5. The van der Waals surface area contributed by atoms with E-state index in [4.69, 9.17) is 4.74 Å². The topological polar surface area (TPSA) is 157 Å². The number of carbonyl (C=O) groups excluding carboxylic acids is 2. The van der Waals surface area contributed by atoms with Crippen LogP contribution in [0.2, 0.25) is 0 Å². The fourth-order valence-electron chi connectivity index (χ4n) is 5.93. The van der Waals surface area contributed by atoms with Gasteiger partial charge in [0.25, 0.3) is 0 Å². The molecule has 0 aromatic heterocycles. The molecule has 0 aliphatic carbocycles. The van der Waals surface area contributed by atoms with Crippen LogP contribution in [0, 0.1) is 11.8 Å². The van der Waals surface area contributed by atoms with Gasteiger partial charge in [-0.25, -0.2) is 9.59 Å². The van der Waals surface area contributed by atoms with Crippen LogP contribution in [-0.4, -0.2) is 91.3 Å². The summed E-state index contributed by atoms with van der Waals surface area (Å²) in [4.78, 5) is 53.2. The van der Waals surface area contributed by atoms with Gasteiger partial charge in [-0.2, -0.15) is 0 Å². The predicted octanol–water partition coefficient (Wildman–Crippen LogP) is 3.24. The van der Waals surface area contributed by atoms with E-state index in [2.05, 4.69) is 15.6 Å². The fourth-order valence-corrected chi connectivity index (χ4v) is 8.36. The summed E-state index contributed by atoms with van der Waals surface area (Å²) < 4.78 is 5.10. The van der Waals surface area contributed by atoms with E-state index in [0.717, 1.165) is 12.2 Å². The van der Waals surface area contributed by atoms with E-state index in [1.165, 1.54) is 34.4 Å². The first-order chi connectivity index (χ1) is 19.0. The zero-order valence-electron chi connectivity index (χ0n) is 22.0. The number of hydrogen-bond donors (Lipinski definition) is 4. The molecule has 1 aromatic rings. The van der Waals surface area contributed by atoms with E-state index in [9.17, 15) is 34.5 Å². The summed E-state index contributed by atoms with van der Waals surface area (Å²) in [5, 5.41) is 33.7. The van der Waals surface area contributed by atoms with Crippen molar-refractivity contribution in [2.45, 2.75) is 50.1 Å². The largest absolute Gasteiger partial charge is 0.512 e. The Morgan fingerprint density at radius 1 is 1.27 bits per heavy atom. The summed E-state index contributed by atoms with van der Waals surface area (Å²) in [6.07, 6.45) is -0.996. The molecule has 5 rings (SSSR count). The van der Waals surface area contributed by atoms with Crippen LogP contribution in [-0.2, 0) is 14.3 Å². The fraction of sp³-hybridized carbons (Fsp3) is 0.481. The number of nitrogens with one attached hydrogen (secondary N) is 1. The van der Waals surface area contributed by atoms with Crippen LogP contribution in [0.4, 0.5) is 10.5 Å². The van der Waals surface area contributed by atoms with Gasteiger partial charge in [0, 0.05) is 35.7 Å². The standard InChI is InChI=1S/C27H31N3O8S2/c1-13-21-20(14(2)31)24(33)30(21)25(38-27(36)37)22(13)40-18-9-19(29(11-18)10-15-6-7-39-12-15)23(32)28-17-5-3-4-16(8-17)26(34)35/h3-5,8,12-14,18-21,31H,6-7,9-11H2,1-2H3,(H,28,32)(H,34,35)(H,36,37)/t13-,14-,18+,19+,20-,21?/m1/s1. The Labute approximate surface area is 239 Å². The summed E-state index contributed by atoms with van der Waals surface area (Å²) in [6, 6.07) is 5.22. The monoisotopic (exact) mass is 589 g/mol.